The van der Waals surface area contributed by atoms with Gasteiger partial charge < -0.3 is 4.74 Å². The van der Waals surface area contributed by atoms with Gasteiger partial charge in [0.05, 0.1) is 0 Å². The molecule has 0 radical (unpaired) electrons. The van der Waals surface area contributed by atoms with Gasteiger partial charge in [0.15, 0.2) is 0 Å². The largest absolute Gasteiger partial charge is 0.457 e. The average molecular weight is 249 g/mol. The molecular formula is C15H17ClO. The maximum atomic E-state index is 5.86. The van der Waals surface area contributed by atoms with E-state index < -0.39 is 0 Å². The Hall–Kier alpha value is -1.47. The molecule has 17 heavy (non-hydrogen) atoms. The number of rotatable bonds is 2. The summed E-state index contributed by atoms with van der Waals surface area (Å²) in [6.07, 6.45) is 0. The fourth-order valence-electron chi connectivity index (χ4n) is 1.35. The van der Waals surface area contributed by atoms with Crippen LogP contribution in [0.3, 0.4) is 0 Å². The van der Waals surface area contributed by atoms with Crippen molar-refractivity contribution >= 4 is 11.6 Å². The molecule has 90 valence electrons. The van der Waals surface area contributed by atoms with E-state index in [0.717, 1.165) is 11.5 Å². The maximum absolute atomic E-state index is 5.86. The molecular weight excluding hydrogens is 232 g/mol. The van der Waals surface area contributed by atoms with Crippen LogP contribution in [0.1, 0.15) is 19.4 Å². The second-order valence-electron chi connectivity index (χ2n) is 3.38. The van der Waals surface area contributed by atoms with E-state index in [-0.39, 0.29) is 0 Å². The zero-order valence-electron chi connectivity index (χ0n) is 10.4. The fourth-order valence-corrected chi connectivity index (χ4v) is 1.53. The van der Waals surface area contributed by atoms with Gasteiger partial charge in [0.25, 0.3) is 0 Å². The van der Waals surface area contributed by atoms with Gasteiger partial charge in [-0.2, -0.15) is 0 Å². The topological polar surface area (TPSA) is 9.23 Å². The van der Waals surface area contributed by atoms with Gasteiger partial charge in [-0.3, -0.25) is 0 Å². The van der Waals surface area contributed by atoms with Gasteiger partial charge in [0.2, 0.25) is 0 Å². The van der Waals surface area contributed by atoms with Crippen molar-refractivity contribution in [1.29, 1.82) is 0 Å². The lowest BCUT2D eigenvalue weighted by Crippen LogP contribution is -1.84. The summed E-state index contributed by atoms with van der Waals surface area (Å²) in [6, 6.07) is 15.3. The third-order valence-electron chi connectivity index (χ3n) is 2.02. The van der Waals surface area contributed by atoms with E-state index in [2.05, 4.69) is 0 Å². The quantitative estimate of drug-likeness (QED) is 0.685. The molecule has 2 rings (SSSR count). The molecule has 0 amide bonds. The zero-order valence-corrected chi connectivity index (χ0v) is 11.2. The molecule has 2 aromatic rings. The maximum Gasteiger partial charge on any atom is 0.128 e. The van der Waals surface area contributed by atoms with Crippen molar-refractivity contribution in [2.45, 2.75) is 20.8 Å². The van der Waals surface area contributed by atoms with E-state index in [1.165, 1.54) is 5.56 Å². The number of benzene rings is 2. The molecule has 0 aromatic heterocycles. The van der Waals surface area contributed by atoms with E-state index in [9.17, 15) is 0 Å². The Labute approximate surface area is 108 Å². The van der Waals surface area contributed by atoms with Crippen molar-refractivity contribution in [1.82, 2.24) is 0 Å². The molecule has 1 nitrogen and oxygen atoms in total. The molecule has 0 saturated heterocycles. The molecule has 0 unspecified atom stereocenters. The molecule has 0 heterocycles. The smallest absolute Gasteiger partial charge is 0.128 e. The Balaban J connectivity index is 0.000000686. The van der Waals surface area contributed by atoms with E-state index in [4.69, 9.17) is 16.3 Å². The molecule has 0 saturated carbocycles. The molecule has 0 atom stereocenters. The van der Waals surface area contributed by atoms with Gasteiger partial charge in [-0.05, 0) is 42.8 Å². The average Bonchev–Trinajstić information content (AvgIpc) is 2.31. The zero-order chi connectivity index (χ0) is 12.7. The molecule has 2 heteroatoms. The summed E-state index contributed by atoms with van der Waals surface area (Å²) in [5, 5.41) is 0.681. The second-order valence-corrected chi connectivity index (χ2v) is 3.81. The lowest BCUT2D eigenvalue weighted by atomic mass is 10.2. The molecule has 0 aliphatic carbocycles. The van der Waals surface area contributed by atoms with Crippen molar-refractivity contribution in [2.75, 3.05) is 0 Å². The van der Waals surface area contributed by atoms with Crippen LogP contribution >= 0.6 is 11.6 Å². The second kappa shape index (κ2) is 6.97. The minimum absolute atomic E-state index is 0.681. The molecule has 0 N–H and O–H groups in total. The monoisotopic (exact) mass is 248 g/mol. The van der Waals surface area contributed by atoms with Crippen LogP contribution in [0.4, 0.5) is 0 Å². The van der Waals surface area contributed by atoms with E-state index in [0.29, 0.717) is 5.02 Å². The van der Waals surface area contributed by atoms with Crippen molar-refractivity contribution in [3.63, 3.8) is 0 Å². The van der Waals surface area contributed by atoms with Crippen LogP contribution in [0, 0.1) is 6.92 Å². The van der Waals surface area contributed by atoms with Gasteiger partial charge in [-0.25, -0.2) is 0 Å². The summed E-state index contributed by atoms with van der Waals surface area (Å²) in [5.74, 6) is 1.59. The third kappa shape index (κ3) is 4.49. The van der Waals surface area contributed by atoms with E-state index >= 15 is 0 Å². The molecule has 0 fully saturated rings. The molecule has 0 aliphatic rings. The van der Waals surface area contributed by atoms with Gasteiger partial charge >= 0.3 is 0 Å². The fraction of sp³-hybridized carbons (Fsp3) is 0.200. The number of aryl methyl sites for hydroxylation is 1. The highest BCUT2D eigenvalue weighted by atomic mass is 35.5. The third-order valence-corrected chi connectivity index (χ3v) is 2.26. The van der Waals surface area contributed by atoms with Crippen molar-refractivity contribution in [2.24, 2.45) is 0 Å². The Bertz CT molecular complexity index is 422. The van der Waals surface area contributed by atoms with Gasteiger partial charge in [-0.15, -0.1) is 0 Å². The number of ether oxygens (including phenoxy) is 1. The number of halogens is 1. The lowest BCUT2D eigenvalue weighted by Gasteiger charge is -2.06. The number of hydrogen-bond donors (Lipinski definition) is 0. The van der Waals surface area contributed by atoms with Gasteiger partial charge in [0.1, 0.15) is 11.5 Å². The van der Waals surface area contributed by atoms with Crippen LogP contribution < -0.4 is 4.74 Å². The number of hydrogen-bond acceptors (Lipinski definition) is 1. The van der Waals surface area contributed by atoms with Crippen LogP contribution in [0.25, 0.3) is 0 Å². The van der Waals surface area contributed by atoms with Gasteiger partial charge in [-0.1, -0.05) is 43.6 Å². The molecule has 0 bridgehead atoms. The Morgan fingerprint density at radius 1 is 0.882 bits per heavy atom. The predicted octanol–water partition coefficient (Wildman–Crippen LogP) is 5.47. The van der Waals surface area contributed by atoms with E-state index in [1.807, 2.05) is 63.2 Å². The molecule has 2 aromatic carbocycles. The summed E-state index contributed by atoms with van der Waals surface area (Å²) in [6.45, 7) is 6.03. The summed E-state index contributed by atoms with van der Waals surface area (Å²) in [7, 11) is 0. The standard InChI is InChI=1S/C13H11ClO.C2H6/c1-10-4-2-6-12(8-10)15-13-7-3-5-11(14)9-13;1-2/h2-9H,1H3;1-2H3. The Kier molecular flexibility index (Phi) is 5.58. The van der Waals surface area contributed by atoms with Crippen molar-refractivity contribution < 1.29 is 4.74 Å². The summed E-state index contributed by atoms with van der Waals surface area (Å²) in [4.78, 5) is 0. The first-order chi connectivity index (χ1) is 8.24. The van der Waals surface area contributed by atoms with Crippen LogP contribution in [0.2, 0.25) is 5.02 Å². The first kappa shape index (κ1) is 13.6. The van der Waals surface area contributed by atoms with Crippen molar-refractivity contribution in [3.8, 4) is 11.5 Å². The predicted molar refractivity (Wildman–Crippen MR) is 74.1 cm³/mol. The van der Waals surface area contributed by atoms with Crippen LogP contribution in [-0.2, 0) is 0 Å². The van der Waals surface area contributed by atoms with Gasteiger partial charge in [0, 0.05) is 5.02 Å². The summed E-state index contributed by atoms with van der Waals surface area (Å²) >= 11 is 5.86. The lowest BCUT2D eigenvalue weighted by molar-refractivity contribution is 0.482. The van der Waals surface area contributed by atoms with Crippen LogP contribution in [0.15, 0.2) is 48.5 Å². The Morgan fingerprint density at radius 2 is 1.47 bits per heavy atom. The van der Waals surface area contributed by atoms with Crippen LogP contribution in [0.5, 0.6) is 11.5 Å². The first-order valence-corrected chi connectivity index (χ1v) is 6.12. The van der Waals surface area contributed by atoms with Crippen LogP contribution in [-0.4, -0.2) is 0 Å². The SMILES string of the molecule is CC.Cc1cccc(Oc2cccc(Cl)c2)c1. The molecule has 0 spiro atoms. The first-order valence-electron chi connectivity index (χ1n) is 5.74. The summed E-state index contributed by atoms with van der Waals surface area (Å²) < 4.78 is 5.66. The summed E-state index contributed by atoms with van der Waals surface area (Å²) in [5.41, 5.74) is 1.18. The highest BCUT2D eigenvalue weighted by Gasteiger charge is 1.97. The Morgan fingerprint density at radius 3 is 2.06 bits per heavy atom. The minimum atomic E-state index is 0.681. The van der Waals surface area contributed by atoms with Crippen molar-refractivity contribution in [3.05, 3.63) is 59.1 Å². The van der Waals surface area contributed by atoms with E-state index in [1.54, 1.807) is 6.07 Å². The minimum Gasteiger partial charge on any atom is -0.457 e. The normalized spacial score (nSPS) is 9.18. The highest BCUT2D eigenvalue weighted by Crippen LogP contribution is 2.24. The highest BCUT2D eigenvalue weighted by molar-refractivity contribution is 6.30. The molecule has 0 aliphatic heterocycles.